The third-order valence-corrected chi connectivity index (χ3v) is 5.60. The number of rotatable bonds is 8. The summed E-state index contributed by atoms with van der Waals surface area (Å²) in [5.41, 5.74) is 2.42. The largest absolute Gasteiger partial charge is 0.493 e. The van der Waals surface area contributed by atoms with Gasteiger partial charge >= 0.3 is 0 Å². The van der Waals surface area contributed by atoms with Crippen molar-refractivity contribution in [1.29, 1.82) is 0 Å². The number of benzene rings is 1. The van der Waals surface area contributed by atoms with Crippen molar-refractivity contribution >= 4 is 5.96 Å². The molecule has 2 fully saturated rings. The second-order valence-corrected chi connectivity index (χ2v) is 8.22. The summed E-state index contributed by atoms with van der Waals surface area (Å²) >= 11 is 0. The third-order valence-electron chi connectivity index (χ3n) is 5.60. The average Bonchev–Trinajstić information content (AvgIpc) is 3.53. The van der Waals surface area contributed by atoms with E-state index in [1.165, 1.54) is 43.5 Å². The highest BCUT2D eigenvalue weighted by Gasteiger charge is 2.22. The van der Waals surface area contributed by atoms with E-state index in [0.717, 1.165) is 50.4 Å². The van der Waals surface area contributed by atoms with Crippen molar-refractivity contribution in [3.05, 3.63) is 29.3 Å². The summed E-state index contributed by atoms with van der Waals surface area (Å²) in [6, 6.07) is 6.45. The molecule has 0 atom stereocenters. The molecule has 3 rings (SSSR count). The van der Waals surface area contributed by atoms with E-state index in [-0.39, 0.29) is 0 Å². The normalized spacial score (nSPS) is 19.3. The van der Waals surface area contributed by atoms with Crippen LogP contribution in [-0.2, 0) is 6.54 Å². The number of hydrogen-bond acceptors (Lipinski definition) is 4. The Kier molecular flexibility index (Phi) is 7.98. The highest BCUT2D eigenvalue weighted by Crippen LogP contribution is 2.30. The van der Waals surface area contributed by atoms with Gasteiger partial charge in [0.25, 0.3) is 0 Å². The van der Waals surface area contributed by atoms with Gasteiger partial charge in [-0.05, 0) is 63.9 Å². The minimum Gasteiger partial charge on any atom is -0.493 e. The zero-order valence-electron chi connectivity index (χ0n) is 17.8. The molecule has 1 heterocycles. The molecule has 0 radical (unpaired) electrons. The number of hydrogen-bond donors (Lipinski definition) is 2. The van der Waals surface area contributed by atoms with Gasteiger partial charge < -0.3 is 25.2 Å². The van der Waals surface area contributed by atoms with Crippen LogP contribution in [0, 0.1) is 12.8 Å². The van der Waals surface area contributed by atoms with Crippen LogP contribution in [0.25, 0.3) is 0 Å². The fourth-order valence-corrected chi connectivity index (χ4v) is 3.49. The molecule has 1 aliphatic carbocycles. The summed E-state index contributed by atoms with van der Waals surface area (Å²) in [7, 11) is 4.04. The second-order valence-electron chi connectivity index (χ2n) is 8.22. The van der Waals surface area contributed by atoms with E-state index in [1.54, 1.807) is 0 Å². The zero-order chi connectivity index (χ0) is 19.8. The van der Waals surface area contributed by atoms with Crippen molar-refractivity contribution in [2.75, 3.05) is 60.0 Å². The number of likely N-dealkylation sites (N-methyl/N-ethyl adjacent to an activating group) is 1. The molecule has 0 unspecified atom stereocenters. The lowest BCUT2D eigenvalue weighted by Crippen LogP contribution is -2.42. The van der Waals surface area contributed by atoms with E-state index >= 15 is 0 Å². The Bertz CT molecular complexity index is 644. The Hall–Kier alpha value is -1.79. The summed E-state index contributed by atoms with van der Waals surface area (Å²) in [6.07, 6.45) is 3.87. The van der Waals surface area contributed by atoms with Gasteiger partial charge in [-0.3, -0.25) is 4.99 Å². The average molecular weight is 388 g/mol. The molecule has 1 aliphatic heterocycles. The van der Waals surface area contributed by atoms with Gasteiger partial charge in [0.15, 0.2) is 5.96 Å². The van der Waals surface area contributed by atoms with Gasteiger partial charge in [-0.15, -0.1) is 0 Å². The van der Waals surface area contributed by atoms with Crippen LogP contribution in [0.1, 0.15) is 30.4 Å². The maximum Gasteiger partial charge on any atom is 0.191 e. The van der Waals surface area contributed by atoms with E-state index in [1.807, 2.05) is 7.05 Å². The van der Waals surface area contributed by atoms with E-state index in [4.69, 9.17) is 4.74 Å². The van der Waals surface area contributed by atoms with Crippen LogP contribution in [0.3, 0.4) is 0 Å². The van der Waals surface area contributed by atoms with Crippen LogP contribution in [-0.4, -0.2) is 75.7 Å². The van der Waals surface area contributed by atoms with Crippen LogP contribution < -0.4 is 15.4 Å². The predicted molar refractivity (Wildman–Crippen MR) is 116 cm³/mol. The first-order chi connectivity index (χ1) is 13.6. The Labute approximate surface area is 170 Å². The van der Waals surface area contributed by atoms with Crippen LogP contribution in [0.4, 0.5) is 0 Å². The van der Waals surface area contributed by atoms with Gasteiger partial charge in [0.05, 0.1) is 6.61 Å². The van der Waals surface area contributed by atoms with Gasteiger partial charge in [0.2, 0.25) is 0 Å². The Morgan fingerprint density at radius 1 is 1.18 bits per heavy atom. The lowest BCUT2D eigenvalue weighted by molar-refractivity contribution is 0.280. The number of nitrogens with one attached hydrogen (secondary N) is 2. The topological polar surface area (TPSA) is 52.1 Å². The minimum atomic E-state index is 0.717. The van der Waals surface area contributed by atoms with E-state index < -0.39 is 0 Å². The molecule has 2 N–H and O–H groups in total. The number of guanidine groups is 1. The molecule has 0 amide bonds. The predicted octanol–water partition coefficient (Wildman–Crippen LogP) is 2.09. The van der Waals surface area contributed by atoms with Gasteiger partial charge in [0.1, 0.15) is 5.75 Å². The highest BCUT2D eigenvalue weighted by molar-refractivity contribution is 5.79. The molecule has 1 saturated carbocycles. The molecule has 0 aromatic heterocycles. The number of aryl methyl sites for hydroxylation is 1. The van der Waals surface area contributed by atoms with E-state index in [0.29, 0.717) is 6.54 Å². The molecule has 1 aromatic rings. The van der Waals surface area contributed by atoms with Crippen molar-refractivity contribution in [1.82, 2.24) is 20.4 Å². The number of aliphatic imine (C=N–C) groups is 1. The van der Waals surface area contributed by atoms with Crippen molar-refractivity contribution < 1.29 is 4.74 Å². The van der Waals surface area contributed by atoms with Gasteiger partial charge in [-0.1, -0.05) is 12.1 Å². The number of ether oxygens (including phenoxy) is 1. The van der Waals surface area contributed by atoms with Gasteiger partial charge in [0, 0.05) is 45.3 Å². The third kappa shape index (κ3) is 6.99. The van der Waals surface area contributed by atoms with Crippen LogP contribution in [0.5, 0.6) is 5.75 Å². The van der Waals surface area contributed by atoms with Gasteiger partial charge in [-0.25, -0.2) is 0 Å². The fourth-order valence-electron chi connectivity index (χ4n) is 3.49. The summed E-state index contributed by atoms with van der Waals surface area (Å²) in [5, 5.41) is 6.89. The second kappa shape index (κ2) is 10.7. The van der Waals surface area contributed by atoms with Crippen molar-refractivity contribution in [3.8, 4) is 5.75 Å². The molecular formula is C22H37N5O. The maximum absolute atomic E-state index is 6.08. The summed E-state index contributed by atoms with van der Waals surface area (Å²) in [4.78, 5) is 9.32. The van der Waals surface area contributed by atoms with Crippen molar-refractivity contribution in [2.45, 2.75) is 32.7 Å². The molecule has 2 aliphatic rings. The highest BCUT2D eigenvalue weighted by atomic mass is 16.5. The molecule has 6 heteroatoms. The fraction of sp³-hybridized carbons (Fsp3) is 0.682. The van der Waals surface area contributed by atoms with Crippen LogP contribution >= 0.6 is 0 Å². The summed E-state index contributed by atoms with van der Waals surface area (Å²) in [5.74, 6) is 2.61. The molecular weight excluding hydrogens is 350 g/mol. The first kappa shape index (κ1) is 20.9. The number of nitrogens with zero attached hydrogens (tertiary/aromatic N) is 3. The molecule has 0 spiro atoms. The lowest BCUT2D eigenvalue weighted by atomic mass is 10.1. The standard InChI is InChI=1S/C22H37N5O/c1-18-5-8-20(21(15-18)28-17-19-6-7-19)16-25-22(23-2)24-9-12-27-11-4-10-26(3)13-14-27/h5,8,15,19H,4,6-7,9-14,16-17H2,1-3H3,(H2,23,24,25). The van der Waals surface area contributed by atoms with E-state index in [9.17, 15) is 0 Å². The quantitative estimate of drug-likeness (QED) is 0.528. The lowest BCUT2D eigenvalue weighted by Gasteiger charge is -2.21. The van der Waals surface area contributed by atoms with E-state index in [2.05, 4.69) is 57.6 Å². The molecule has 6 nitrogen and oxygen atoms in total. The molecule has 1 aromatic carbocycles. The first-order valence-electron chi connectivity index (χ1n) is 10.7. The summed E-state index contributed by atoms with van der Waals surface area (Å²) in [6.45, 7) is 10.3. The molecule has 1 saturated heterocycles. The first-order valence-corrected chi connectivity index (χ1v) is 10.7. The zero-order valence-corrected chi connectivity index (χ0v) is 17.8. The molecule has 28 heavy (non-hydrogen) atoms. The SMILES string of the molecule is CN=C(NCCN1CCCN(C)CC1)NCc1ccc(C)cc1OCC1CC1. The van der Waals surface area contributed by atoms with Crippen molar-refractivity contribution in [2.24, 2.45) is 10.9 Å². The van der Waals surface area contributed by atoms with Crippen LogP contribution in [0.15, 0.2) is 23.2 Å². The minimum absolute atomic E-state index is 0.717. The van der Waals surface area contributed by atoms with Gasteiger partial charge in [-0.2, -0.15) is 0 Å². The van der Waals surface area contributed by atoms with Crippen LogP contribution in [0.2, 0.25) is 0 Å². The smallest absolute Gasteiger partial charge is 0.191 e. The summed E-state index contributed by atoms with van der Waals surface area (Å²) < 4.78 is 6.08. The monoisotopic (exact) mass is 387 g/mol. The maximum atomic E-state index is 6.08. The van der Waals surface area contributed by atoms with Crippen molar-refractivity contribution in [3.63, 3.8) is 0 Å². The Balaban J connectivity index is 1.43. The molecule has 156 valence electrons. The Morgan fingerprint density at radius 2 is 2.04 bits per heavy atom. The molecule has 0 bridgehead atoms. The Morgan fingerprint density at radius 3 is 2.82 bits per heavy atom.